The number of carbonyl (C=O) groups is 1. The van der Waals surface area contributed by atoms with Gasteiger partial charge >= 0.3 is 5.97 Å². The van der Waals surface area contributed by atoms with Crippen molar-refractivity contribution < 1.29 is 14.4 Å². The Morgan fingerprint density at radius 1 is 1.57 bits per heavy atom. The molecular weight excluding hydrogens is 178 g/mol. The van der Waals surface area contributed by atoms with Gasteiger partial charge in [-0.2, -0.15) is 0 Å². The zero-order valence-corrected chi connectivity index (χ0v) is 9.29. The van der Waals surface area contributed by atoms with Crippen molar-refractivity contribution in [3.63, 3.8) is 0 Å². The molecule has 1 saturated heterocycles. The topological polar surface area (TPSA) is 37.3 Å². The first kappa shape index (κ1) is 11.2. The molecule has 0 aromatic heterocycles. The van der Waals surface area contributed by atoms with Crippen LogP contribution in [-0.2, 0) is 4.79 Å². The van der Waals surface area contributed by atoms with E-state index in [4.69, 9.17) is 5.11 Å². The van der Waals surface area contributed by atoms with Gasteiger partial charge < -0.3 is 9.59 Å². The lowest BCUT2D eigenvalue weighted by Crippen LogP contribution is -2.51. The molecule has 0 aliphatic carbocycles. The molecule has 0 radical (unpaired) electrons. The van der Waals surface area contributed by atoms with Crippen molar-refractivity contribution in [2.75, 3.05) is 20.1 Å². The highest BCUT2D eigenvalue weighted by Crippen LogP contribution is 2.25. The van der Waals surface area contributed by atoms with Crippen molar-refractivity contribution in [2.45, 2.75) is 32.7 Å². The van der Waals surface area contributed by atoms with Gasteiger partial charge in [0, 0.05) is 12.8 Å². The zero-order valence-electron chi connectivity index (χ0n) is 9.29. The van der Waals surface area contributed by atoms with Gasteiger partial charge in [0.25, 0.3) is 0 Å². The quantitative estimate of drug-likeness (QED) is 0.553. The SMILES string of the molecule is CC(C)=CC[N+]1(C)CCCC1C(=O)O. The van der Waals surface area contributed by atoms with E-state index < -0.39 is 5.97 Å². The highest BCUT2D eigenvalue weighted by molar-refractivity contribution is 5.72. The third-order valence-corrected chi connectivity index (χ3v) is 3.10. The molecular formula is C11H20NO2+. The van der Waals surface area contributed by atoms with Gasteiger partial charge in [0.05, 0.1) is 20.1 Å². The second-order valence-corrected chi connectivity index (χ2v) is 4.66. The minimum absolute atomic E-state index is 0.203. The lowest BCUT2D eigenvalue weighted by Gasteiger charge is -2.32. The van der Waals surface area contributed by atoms with Crippen LogP contribution in [0.2, 0.25) is 0 Å². The first-order valence-corrected chi connectivity index (χ1v) is 5.16. The molecule has 80 valence electrons. The van der Waals surface area contributed by atoms with Gasteiger partial charge in [-0.25, -0.2) is 4.79 Å². The Morgan fingerprint density at radius 2 is 2.21 bits per heavy atom. The Balaban J connectivity index is 2.71. The van der Waals surface area contributed by atoms with E-state index in [1.54, 1.807) is 0 Å². The van der Waals surface area contributed by atoms with Crippen molar-refractivity contribution in [1.82, 2.24) is 0 Å². The molecule has 1 aliphatic rings. The molecule has 3 heteroatoms. The molecule has 14 heavy (non-hydrogen) atoms. The number of carboxylic acids is 1. The summed E-state index contributed by atoms with van der Waals surface area (Å²) >= 11 is 0. The summed E-state index contributed by atoms with van der Waals surface area (Å²) in [4.78, 5) is 11.0. The van der Waals surface area contributed by atoms with E-state index >= 15 is 0 Å². The number of hydrogen-bond acceptors (Lipinski definition) is 1. The van der Waals surface area contributed by atoms with E-state index in [1.165, 1.54) is 5.57 Å². The number of allylic oxidation sites excluding steroid dienone is 1. The van der Waals surface area contributed by atoms with Gasteiger partial charge in [-0.1, -0.05) is 5.57 Å². The van der Waals surface area contributed by atoms with Crippen LogP contribution < -0.4 is 0 Å². The second kappa shape index (κ2) is 4.13. The first-order chi connectivity index (χ1) is 6.46. The predicted octanol–water partition coefficient (Wildman–Crippen LogP) is 1.65. The molecule has 1 N–H and O–H groups in total. The smallest absolute Gasteiger partial charge is 0.362 e. The molecule has 1 rings (SSSR count). The van der Waals surface area contributed by atoms with Crippen LogP contribution in [0.4, 0.5) is 0 Å². The Kier molecular flexibility index (Phi) is 3.32. The van der Waals surface area contributed by atoms with E-state index in [0.717, 1.165) is 25.9 Å². The number of likely N-dealkylation sites (tertiary alicyclic amines) is 1. The summed E-state index contributed by atoms with van der Waals surface area (Å²) in [6, 6.07) is -0.203. The summed E-state index contributed by atoms with van der Waals surface area (Å²) < 4.78 is 0.667. The van der Waals surface area contributed by atoms with Crippen LogP contribution >= 0.6 is 0 Å². The zero-order chi connectivity index (χ0) is 10.8. The molecule has 1 heterocycles. The molecule has 1 aliphatic heterocycles. The second-order valence-electron chi connectivity index (χ2n) is 4.66. The maximum atomic E-state index is 11.0. The van der Waals surface area contributed by atoms with E-state index in [9.17, 15) is 4.79 Å². The number of likely N-dealkylation sites (N-methyl/N-ethyl adjacent to an activating group) is 1. The summed E-state index contributed by atoms with van der Waals surface area (Å²) in [6.07, 6.45) is 3.99. The van der Waals surface area contributed by atoms with E-state index in [0.29, 0.717) is 4.48 Å². The van der Waals surface area contributed by atoms with Gasteiger partial charge in [0.15, 0.2) is 6.04 Å². The molecule has 0 aromatic carbocycles. The van der Waals surface area contributed by atoms with Crippen molar-refractivity contribution in [3.05, 3.63) is 11.6 Å². The number of hydrogen-bond donors (Lipinski definition) is 1. The Labute approximate surface area is 85.6 Å². The van der Waals surface area contributed by atoms with Gasteiger partial charge in [0.2, 0.25) is 0 Å². The van der Waals surface area contributed by atoms with Crippen molar-refractivity contribution in [2.24, 2.45) is 0 Å². The number of rotatable bonds is 3. The summed E-state index contributed by atoms with van der Waals surface area (Å²) in [5.41, 5.74) is 1.26. The molecule has 0 spiro atoms. The van der Waals surface area contributed by atoms with Crippen molar-refractivity contribution >= 4 is 5.97 Å². The van der Waals surface area contributed by atoms with Gasteiger partial charge in [0.1, 0.15) is 0 Å². The average Bonchev–Trinajstić information content (AvgIpc) is 2.45. The summed E-state index contributed by atoms with van der Waals surface area (Å²) in [5, 5.41) is 9.08. The third kappa shape index (κ3) is 2.35. The fourth-order valence-corrected chi connectivity index (χ4v) is 2.11. The number of quaternary nitrogens is 1. The Bertz CT molecular complexity index is 256. The van der Waals surface area contributed by atoms with Crippen LogP contribution in [0.5, 0.6) is 0 Å². The number of aliphatic carboxylic acids is 1. The van der Waals surface area contributed by atoms with Crippen LogP contribution in [0.25, 0.3) is 0 Å². The minimum Gasteiger partial charge on any atom is -0.477 e. The van der Waals surface area contributed by atoms with Crippen LogP contribution in [0.15, 0.2) is 11.6 Å². The first-order valence-electron chi connectivity index (χ1n) is 5.16. The minimum atomic E-state index is -0.646. The molecule has 0 amide bonds. The fourth-order valence-electron chi connectivity index (χ4n) is 2.11. The van der Waals surface area contributed by atoms with Crippen LogP contribution in [0, 0.1) is 0 Å². The molecule has 2 atom stereocenters. The normalized spacial score (nSPS) is 31.5. The molecule has 0 saturated carbocycles. The highest BCUT2D eigenvalue weighted by Gasteiger charge is 2.42. The van der Waals surface area contributed by atoms with Gasteiger partial charge in [-0.15, -0.1) is 0 Å². The molecule has 0 bridgehead atoms. The largest absolute Gasteiger partial charge is 0.477 e. The maximum absolute atomic E-state index is 11.0. The summed E-state index contributed by atoms with van der Waals surface area (Å²) in [6.45, 7) is 5.94. The molecule has 1 fully saturated rings. The van der Waals surface area contributed by atoms with Crippen LogP contribution in [0.3, 0.4) is 0 Å². The predicted molar refractivity (Wildman–Crippen MR) is 56.0 cm³/mol. The number of carboxylic acid groups (broad SMARTS) is 1. The van der Waals surface area contributed by atoms with E-state index in [2.05, 4.69) is 19.9 Å². The molecule has 0 aromatic rings. The van der Waals surface area contributed by atoms with Crippen molar-refractivity contribution in [3.8, 4) is 0 Å². The summed E-state index contributed by atoms with van der Waals surface area (Å²) in [7, 11) is 2.05. The average molecular weight is 198 g/mol. The lowest BCUT2D eigenvalue weighted by molar-refractivity contribution is -0.907. The molecule has 3 nitrogen and oxygen atoms in total. The van der Waals surface area contributed by atoms with Gasteiger partial charge in [-0.3, -0.25) is 0 Å². The third-order valence-electron chi connectivity index (χ3n) is 3.10. The highest BCUT2D eigenvalue weighted by atomic mass is 16.4. The van der Waals surface area contributed by atoms with Crippen molar-refractivity contribution in [1.29, 1.82) is 0 Å². The van der Waals surface area contributed by atoms with Gasteiger partial charge in [-0.05, 0) is 19.9 Å². The monoisotopic (exact) mass is 198 g/mol. The Morgan fingerprint density at radius 3 is 2.71 bits per heavy atom. The van der Waals surface area contributed by atoms with Crippen LogP contribution in [-0.4, -0.2) is 41.7 Å². The van der Waals surface area contributed by atoms with E-state index in [1.807, 2.05) is 7.05 Å². The lowest BCUT2D eigenvalue weighted by atomic mass is 10.2. The maximum Gasteiger partial charge on any atom is 0.362 e. The fraction of sp³-hybridized carbons (Fsp3) is 0.727. The van der Waals surface area contributed by atoms with E-state index in [-0.39, 0.29) is 6.04 Å². The Hall–Kier alpha value is -0.830. The summed E-state index contributed by atoms with van der Waals surface area (Å²) in [5.74, 6) is -0.646. The standard InChI is InChI=1S/C11H19NO2/c1-9(2)6-8-12(3)7-4-5-10(12)11(13)14/h6,10H,4-5,7-8H2,1-3H3/p+1. The van der Waals surface area contributed by atoms with Crippen LogP contribution in [0.1, 0.15) is 26.7 Å². The molecule has 2 unspecified atom stereocenters. The number of nitrogens with zero attached hydrogens (tertiary/aromatic N) is 1.